The van der Waals surface area contributed by atoms with Gasteiger partial charge >= 0.3 is 0 Å². The summed E-state index contributed by atoms with van der Waals surface area (Å²) in [4.78, 5) is 11.3. The van der Waals surface area contributed by atoms with Crippen LogP contribution in [-0.2, 0) is 0 Å². The molecule has 2 aromatic heterocycles. The first kappa shape index (κ1) is 12.4. The second-order valence-electron chi connectivity index (χ2n) is 4.26. The van der Waals surface area contributed by atoms with Crippen LogP contribution in [0.3, 0.4) is 0 Å². The van der Waals surface area contributed by atoms with Gasteiger partial charge in [-0.25, -0.2) is 4.98 Å². The van der Waals surface area contributed by atoms with Gasteiger partial charge in [0, 0.05) is 0 Å². The van der Waals surface area contributed by atoms with Gasteiger partial charge in [-0.3, -0.25) is 0 Å². The molecule has 0 saturated carbocycles. The fourth-order valence-electron chi connectivity index (χ4n) is 1.90. The molecule has 0 aliphatic carbocycles. The summed E-state index contributed by atoms with van der Waals surface area (Å²) in [5, 5.41) is 9.77. The smallest absolute Gasteiger partial charge is 0.247 e. The molecule has 0 radical (unpaired) electrons. The van der Waals surface area contributed by atoms with Gasteiger partial charge < -0.3 is 14.8 Å². The molecule has 0 spiro atoms. The second-order valence-corrected chi connectivity index (χ2v) is 4.26. The fraction of sp³-hybridized carbons (Fsp3) is 0.0667. The lowest BCUT2D eigenvalue weighted by atomic mass is 10.2. The summed E-state index contributed by atoms with van der Waals surface area (Å²) in [6.45, 7) is 3.56. The van der Waals surface area contributed by atoms with Crippen molar-refractivity contribution in [3.05, 3.63) is 61.1 Å². The van der Waals surface area contributed by atoms with Crippen LogP contribution in [-0.4, -0.2) is 20.1 Å². The highest BCUT2D eigenvalue weighted by Gasteiger charge is 2.13. The molecule has 0 amide bonds. The van der Waals surface area contributed by atoms with E-state index in [1.807, 2.05) is 30.3 Å². The van der Waals surface area contributed by atoms with Gasteiger partial charge in [-0.2, -0.15) is 4.98 Å². The first-order chi connectivity index (χ1) is 9.78. The standard InChI is InChI=1S/C15H13N3O2/c1-2-13(19)11-8-12-14(18-11)15(17-9-16-12)20-10-6-4-3-5-7-10/h2-9,13,18-19H,1H2. The Kier molecular flexibility index (Phi) is 3.18. The van der Waals surface area contributed by atoms with Crippen molar-refractivity contribution in [2.24, 2.45) is 0 Å². The number of aliphatic hydroxyl groups excluding tert-OH is 1. The molecule has 0 aliphatic rings. The summed E-state index contributed by atoms with van der Waals surface area (Å²) in [6.07, 6.45) is 2.10. The number of nitrogens with zero attached hydrogens (tertiary/aromatic N) is 2. The van der Waals surface area contributed by atoms with Crippen molar-refractivity contribution in [2.75, 3.05) is 0 Å². The fourth-order valence-corrected chi connectivity index (χ4v) is 1.90. The van der Waals surface area contributed by atoms with Gasteiger partial charge in [-0.15, -0.1) is 6.58 Å². The molecule has 1 aromatic carbocycles. The van der Waals surface area contributed by atoms with E-state index in [4.69, 9.17) is 4.74 Å². The van der Waals surface area contributed by atoms with E-state index in [1.54, 1.807) is 6.07 Å². The highest BCUT2D eigenvalue weighted by Crippen LogP contribution is 2.28. The van der Waals surface area contributed by atoms with E-state index in [9.17, 15) is 5.11 Å². The van der Waals surface area contributed by atoms with E-state index >= 15 is 0 Å². The molecule has 0 fully saturated rings. The van der Waals surface area contributed by atoms with Gasteiger partial charge in [0.1, 0.15) is 23.7 Å². The molecule has 3 rings (SSSR count). The average Bonchev–Trinajstić information content (AvgIpc) is 2.93. The number of fused-ring (bicyclic) bond motifs is 1. The van der Waals surface area contributed by atoms with Gasteiger partial charge in [0.25, 0.3) is 0 Å². The minimum Gasteiger partial charge on any atom is -0.437 e. The predicted octanol–water partition coefficient (Wildman–Crippen LogP) is 2.97. The van der Waals surface area contributed by atoms with Crippen molar-refractivity contribution in [3.63, 3.8) is 0 Å². The number of hydrogen-bond acceptors (Lipinski definition) is 4. The van der Waals surface area contributed by atoms with Crippen LogP contribution >= 0.6 is 0 Å². The number of aliphatic hydroxyl groups is 1. The largest absolute Gasteiger partial charge is 0.437 e. The molecule has 20 heavy (non-hydrogen) atoms. The maximum atomic E-state index is 9.77. The normalized spacial score (nSPS) is 12.2. The van der Waals surface area contributed by atoms with Crippen molar-refractivity contribution in [1.29, 1.82) is 0 Å². The first-order valence-corrected chi connectivity index (χ1v) is 6.15. The lowest BCUT2D eigenvalue weighted by molar-refractivity contribution is 0.225. The number of nitrogens with one attached hydrogen (secondary N) is 1. The van der Waals surface area contributed by atoms with Crippen molar-refractivity contribution in [3.8, 4) is 11.6 Å². The van der Waals surface area contributed by atoms with Gasteiger partial charge in [-0.1, -0.05) is 24.3 Å². The SMILES string of the molecule is C=CC(O)c1cc2ncnc(Oc3ccccc3)c2[nH]1. The van der Waals surface area contributed by atoms with Crippen LogP contribution in [0, 0.1) is 0 Å². The molecule has 5 heteroatoms. The van der Waals surface area contributed by atoms with Crippen molar-refractivity contribution in [2.45, 2.75) is 6.10 Å². The van der Waals surface area contributed by atoms with E-state index in [0.717, 1.165) is 0 Å². The van der Waals surface area contributed by atoms with Gasteiger partial charge in [0.2, 0.25) is 5.88 Å². The highest BCUT2D eigenvalue weighted by atomic mass is 16.5. The molecule has 0 aliphatic heterocycles. The number of para-hydroxylation sites is 1. The molecule has 0 bridgehead atoms. The molecule has 1 atom stereocenters. The average molecular weight is 267 g/mol. The van der Waals surface area contributed by atoms with Crippen molar-refractivity contribution in [1.82, 2.24) is 15.0 Å². The van der Waals surface area contributed by atoms with Crippen LogP contribution in [0.4, 0.5) is 0 Å². The first-order valence-electron chi connectivity index (χ1n) is 6.15. The maximum Gasteiger partial charge on any atom is 0.247 e. The van der Waals surface area contributed by atoms with Crippen LogP contribution in [0.2, 0.25) is 0 Å². The Labute approximate surface area is 115 Å². The summed E-state index contributed by atoms with van der Waals surface area (Å²) in [6, 6.07) is 11.1. The zero-order valence-corrected chi connectivity index (χ0v) is 10.7. The lowest BCUT2D eigenvalue weighted by Crippen LogP contribution is -1.92. The molecule has 5 nitrogen and oxygen atoms in total. The Hall–Kier alpha value is -2.66. The molecule has 0 saturated heterocycles. The third-order valence-corrected chi connectivity index (χ3v) is 2.90. The Bertz CT molecular complexity index is 737. The molecular weight excluding hydrogens is 254 g/mol. The Balaban J connectivity index is 2.03. The molecule has 100 valence electrons. The lowest BCUT2D eigenvalue weighted by Gasteiger charge is -2.04. The van der Waals surface area contributed by atoms with Gasteiger partial charge in [-0.05, 0) is 18.2 Å². The third kappa shape index (κ3) is 2.26. The van der Waals surface area contributed by atoms with Crippen molar-refractivity contribution < 1.29 is 9.84 Å². The summed E-state index contributed by atoms with van der Waals surface area (Å²) >= 11 is 0. The van der Waals surface area contributed by atoms with Crippen molar-refractivity contribution >= 4 is 11.0 Å². The molecular formula is C15H13N3O2. The number of hydrogen-bond donors (Lipinski definition) is 2. The highest BCUT2D eigenvalue weighted by molar-refractivity contribution is 5.81. The van der Waals surface area contributed by atoms with Crippen LogP contribution < -0.4 is 4.74 Å². The summed E-state index contributed by atoms with van der Waals surface area (Å²) in [5.74, 6) is 1.11. The molecule has 2 heterocycles. The number of ether oxygens (including phenoxy) is 1. The van der Waals surface area contributed by atoms with E-state index in [-0.39, 0.29) is 0 Å². The molecule has 2 N–H and O–H groups in total. The van der Waals surface area contributed by atoms with E-state index in [1.165, 1.54) is 12.4 Å². The van der Waals surface area contributed by atoms with Crippen LogP contribution in [0.15, 0.2) is 55.4 Å². The van der Waals surface area contributed by atoms with Gasteiger partial charge in [0.15, 0.2) is 0 Å². The molecule has 3 aromatic rings. The van der Waals surface area contributed by atoms with Gasteiger partial charge in [0.05, 0.1) is 11.2 Å². The number of aromatic nitrogens is 3. The number of rotatable bonds is 4. The van der Waals surface area contributed by atoms with Crippen LogP contribution in [0.25, 0.3) is 11.0 Å². The van der Waals surface area contributed by atoms with E-state index in [0.29, 0.717) is 28.4 Å². The third-order valence-electron chi connectivity index (χ3n) is 2.90. The Morgan fingerprint density at radius 3 is 2.80 bits per heavy atom. The Morgan fingerprint density at radius 1 is 1.25 bits per heavy atom. The van der Waals surface area contributed by atoms with E-state index < -0.39 is 6.10 Å². The Morgan fingerprint density at radius 2 is 2.05 bits per heavy atom. The van der Waals surface area contributed by atoms with E-state index in [2.05, 4.69) is 21.5 Å². The summed E-state index contributed by atoms with van der Waals surface area (Å²) < 4.78 is 5.73. The number of H-pyrrole nitrogens is 1. The summed E-state index contributed by atoms with van der Waals surface area (Å²) in [5.41, 5.74) is 1.93. The predicted molar refractivity (Wildman–Crippen MR) is 75.6 cm³/mol. The second kappa shape index (κ2) is 5.14. The minimum absolute atomic E-state index is 0.420. The number of benzene rings is 1. The summed E-state index contributed by atoms with van der Waals surface area (Å²) in [7, 11) is 0. The quantitative estimate of drug-likeness (QED) is 0.713. The monoisotopic (exact) mass is 267 g/mol. The van der Waals surface area contributed by atoms with Crippen LogP contribution in [0.1, 0.15) is 11.8 Å². The zero-order chi connectivity index (χ0) is 13.9. The minimum atomic E-state index is -0.770. The van der Waals surface area contributed by atoms with Crippen LogP contribution in [0.5, 0.6) is 11.6 Å². The zero-order valence-electron chi connectivity index (χ0n) is 10.7. The maximum absolute atomic E-state index is 9.77. The number of aromatic amines is 1. The molecule has 1 unspecified atom stereocenters. The topological polar surface area (TPSA) is 71.0 Å².